The Kier molecular flexibility index (Phi) is 8.93. The van der Waals surface area contributed by atoms with Gasteiger partial charge in [-0.05, 0) is 42.0 Å². The molecule has 0 aliphatic heterocycles. The lowest BCUT2D eigenvalue weighted by atomic mass is 10.1. The normalized spacial score (nSPS) is 12.1. The first-order valence-electron chi connectivity index (χ1n) is 11.5. The predicted molar refractivity (Wildman–Crippen MR) is 141 cm³/mol. The van der Waals surface area contributed by atoms with Crippen LogP contribution in [0.1, 0.15) is 26.7 Å². The van der Waals surface area contributed by atoms with E-state index in [0.29, 0.717) is 15.6 Å². The highest BCUT2D eigenvalue weighted by Crippen LogP contribution is 2.41. The van der Waals surface area contributed by atoms with Crippen molar-refractivity contribution in [2.75, 3.05) is 10.6 Å². The number of carbonyl (C=O) groups is 2. The van der Waals surface area contributed by atoms with Crippen molar-refractivity contribution in [3.8, 4) is 0 Å². The topological polar surface area (TPSA) is 58.2 Å². The van der Waals surface area contributed by atoms with E-state index in [1.807, 2.05) is 0 Å². The summed E-state index contributed by atoms with van der Waals surface area (Å²) in [4.78, 5) is 26.2. The van der Waals surface area contributed by atoms with Gasteiger partial charge in [-0.1, -0.05) is 54.1 Å². The Balaban J connectivity index is 1.63. The second-order valence-corrected chi connectivity index (χ2v) is 10.0. The fraction of sp³-hybridized carbons (Fsp3) is 0.0714. The van der Waals surface area contributed by atoms with E-state index in [4.69, 9.17) is 11.6 Å². The SMILES string of the molecule is O=C(Nc1cccc(SC(C(=O)Nc2c(F)c(F)c(C(F)(F)F)c(F)c2F)c2ccccc2)c1)c1cccc(Cl)c1. The molecule has 0 fully saturated rings. The molecule has 4 nitrogen and oxygen atoms in total. The van der Waals surface area contributed by atoms with Crippen molar-refractivity contribution in [1.29, 1.82) is 0 Å². The van der Waals surface area contributed by atoms with E-state index >= 15 is 0 Å². The molecule has 2 N–H and O–H groups in total. The Morgan fingerprint density at radius 2 is 1.39 bits per heavy atom. The molecule has 2 amide bonds. The number of halogens is 8. The van der Waals surface area contributed by atoms with Gasteiger partial charge in [0.25, 0.3) is 5.91 Å². The van der Waals surface area contributed by atoms with Crippen molar-refractivity contribution in [1.82, 2.24) is 0 Å². The fourth-order valence-corrected chi connectivity index (χ4v) is 4.97. The third-order valence-corrected chi connectivity index (χ3v) is 7.05. The molecule has 212 valence electrons. The number of amides is 2. The first-order chi connectivity index (χ1) is 19.4. The van der Waals surface area contributed by atoms with Gasteiger partial charge >= 0.3 is 6.18 Å². The number of hydrogen-bond donors (Lipinski definition) is 2. The molecule has 0 radical (unpaired) electrons. The number of carbonyl (C=O) groups excluding carboxylic acids is 2. The van der Waals surface area contributed by atoms with Crippen LogP contribution in [0.2, 0.25) is 5.02 Å². The van der Waals surface area contributed by atoms with Crippen LogP contribution in [0.4, 0.5) is 42.1 Å². The van der Waals surface area contributed by atoms with Gasteiger partial charge in [-0.15, -0.1) is 11.8 Å². The maximum atomic E-state index is 14.5. The highest BCUT2D eigenvalue weighted by Gasteiger charge is 2.42. The summed E-state index contributed by atoms with van der Waals surface area (Å²) in [7, 11) is 0. The number of hydrogen-bond acceptors (Lipinski definition) is 3. The van der Waals surface area contributed by atoms with Crippen LogP contribution in [0.5, 0.6) is 0 Å². The molecule has 4 aromatic rings. The number of nitrogens with one attached hydrogen (secondary N) is 2. The van der Waals surface area contributed by atoms with Gasteiger partial charge in [-0.25, -0.2) is 17.6 Å². The van der Waals surface area contributed by atoms with Crippen molar-refractivity contribution in [3.63, 3.8) is 0 Å². The van der Waals surface area contributed by atoms with Crippen LogP contribution in [-0.2, 0) is 11.0 Å². The molecule has 0 heterocycles. The molecule has 1 unspecified atom stereocenters. The number of benzene rings is 4. The van der Waals surface area contributed by atoms with E-state index in [2.05, 4.69) is 5.32 Å². The summed E-state index contributed by atoms with van der Waals surface area (Å²) in [6.07, 6.45) is -5.73. The molecule has 0 saturated carbocycles. The van der Waals surface area contributed by atoms with Crippen LogP contribution >= 0.6 is 23.4 Å². The number of alkyl halides is 3. The molecule has 13 heteroatoms. The molecule has 0 aromatic heterocycles. The monoisotopic (exact) mass is 612 g/mol. The summed E-state index contributed by atoms with van der Waals surface area (Å²) in [5.41, 5.74) is -3.58. The van der Waals surface area contributed by atoms with Gasteiger partial charge in [0.15, 0.2) is 23.3 Å². The quantitative estimate of drug-likeness (QED) is 0.125. The van der Waals surface area contributed by atoms with Gasteiger partial charge in [0.1, 0.15) is 16.5 Å². The summed E-state index contributed by atoms with van der Waals surface area (Å²) < 4.78 is 96.0. The summed E-state index contributed by atoms with van der Waals surface area (Å²) in [6.45, 7) is 0. The Hall–Kier alpha value is -4.03. The average Bonchev–Trinajstić information content (AvgIpc) is 2.93. The molecule has 0 aliphatic rings. The van der Waals surface area contributed by atoms with E-state index in [1.165, 1.54) is 24.3 Å². The van der Waals surface area contributed by atoms with E-state index < -0.39 is 57.8 Å². The minimum atomic E-state index is -5.73. The Morgan fingerprint density at radius 3 is 2.00 bits per heavy atom. The number of anilines is 2. The van der Waals surface area contributed by atoms with Crippen molar-refractivity contribution in [2.45, 2.75) is 16.3 Å². The lowest BCUT2D eigenvalue weighted by Crippen LogP contribution is -2.23. The zero-order chi connectivity index (χ0) is 29.9. The Bertz CT molecular complexity index is 1590. The molecule has 0 spiro atoms. The lowest BCUT2D eigenvalue weighted by Gasteiger charge is -2.19. The van der Waals surface area contributed by atoms with E-state index in [0.717, 1.165) is 11.8 Å². The van der Waals surface area contributed by atoms with E-state index in [9.17, 15) is 40.3 Å². The third-order valence-electron chi connectivity index (χ3n) is 5.57. The zero-order valence-corrected chi connectivity index (χ0v) is 21.9. The van der Waals surface area contributed by atoms with Gasteiger partial charge in [-0.2, -0.15) is 13.2 Å². The maximum Gasteiger partial charge on any atom is 0.422 e. The molecule has 41 heavy (non-hydrogen) atoms. The van der Waals surface area contributed by atoms with Crippen molar-refractivity contribution < 1.29 is 40.3 Å². The molecule has 1 atom stereocenters. The molecular weight excluding hydrogens is 597 g/mol. The third kappa shape index (κ3) is 6.83. The van der Waals surface area contributed by atoms with Gasteiger partial charge in [0.05, 0.1) is 0 Å². The zero-order valence-electron chi connectivity index (χ0n) is 20.3. The van der Waals surface area contributed by atoms with Crippen molar-refractivity contribution in [2.24, 2.45) is 0 Å². The number of rotatable bonds is 7. The first-order valence-corrected chi connectivity index (χ1v) is 12.7. The largest absolute Gasteiger partial charge is 0.422 e. The van der Waals surface area contributed by atoms with Gasteiger partial charge in [-0.3, -0.25) is 9.59 Å². The molecular formula is C28H16ClF7N2O2S. The highest BCUT2D eigenvalue weighted by atomic mass is 35.5. The summed E-state index contributed by atoms with van der Waals surface area (Å²) in [5, 5.41) is 3.40. The highest BCUT2D eigenvalue weighted by molar-refractivity contribution is 8.00. The van der Waals surface area contributed by atoms with Crippen LogP contribution in [-0.4, -0.2) is 11.8 Å². The molecule has 0 aliphatic carbocycles. The summed E-state index contributed by atoms with van der Waals surface area (Å²) >= 11 is 6.76. The minimum absolute atomic E-state index is 0.275. The average molecular weight is 613 g/mol. The summed E-state index contributed by atoms with van der Waals surface area (Å²) in [6, 6.07) is 20.0. The second-order valence-electron chi connectivity index (χ2n) is 8.39. The lowest BCUT2D eigenvalue weighted by molar-refractivity contribution is -0.143. The van der Waals surface area contributed by atoms with Crippen LogP contribution in [0.25, 0.3) is 0 Å². The van der Waals surface area contributed by atoms with Gasteiger partial charge < -0.3 is 10.6 Å². The Morgan fingerprint density at radius 1 is 0.756 bits per heavy atom. The molecule has 4 rings (SSSR count). The van der Waals surface area contributed by atoms with Crippen LogP contribution in [0, 0.1) is 23.3 Å². The minimum Gasteiger partial charge on any atom is -0.322 e. The smallest absolute Gasteiger partial charge is 0.322 e. The second kappa shape index (κ2) is 12.2. The van der Waals surface area contributed by atoms with Crippen LogP contribution in [0.3, 0.4) is 0 Å². The summed E-state index contributed by atoms with van der Waals surface area (Å²) in [5.74, 6) is -11.9. The van der Waals surface area contributed by atoms with Crippen LogP contribution in [0.15, 0.2) is 83.8 Å². The van der Waals surface area contributed by atoms with Gasteiger partial charge in [0.2, 0.25) is 5.91 Å². The number of thioether (sulfide) groups is 1. The van der Waals surface area contributed by atoms with E-state index in [1.54, 1.807) is 59.9 Å². The predicted octanol–water partition coefficient (Wildman–Crippen LogP) is 8.64. The maximum absolute atomic E-state index is 14.5. The Labute approximate surface area is 237 Å². The van der Waals surface area contributed by atoms with Gasteiger partial charge in [0, 0.05) is 21.2 Å². The molecule has 0 bridgehead atoms. The molecule has 4 aromatic carbocycles. The fourth-order valence-electron chi connectivity index (χ4n) is 3.70. The first kappa shape index (κ1) is 29.9. The van der Waals surface area contributed by atoms with E-state index in [-0.39, 0.29) is 11.1 Å². The van der Waals surface area contributed by atoms with Crippen molar-refractivity contribution >= 4 is 46.6 Å². The van der Waals surface area contributed by atoms with Crippen molar-refractivity contribution in [3.05, 3.63) is 124 Å². The standard InChI is InChI=1S/C28H16ClF7N2O2S/c29-16-9-4-8-15(12-16)26(39)37-17-10-5-11-18(13-17)41-25(14-6-2-1-3-7-14)27(40)38-24-22(32)20(30)19(28(34,35)36)21(31)23(24)33/h1-13,25H,(H,37,39)(H,38,40). The van der Waals surface area contributed by atoms with Crippen LogP contribution < -0.4 is 10.6 Å². The molecule has 0 saturated heterocycles.